The maximum atomic E-state index is 6.07. The molecule has 2 rings (SSSR count). The second kappa shape index (κ2) is 5.93. The van der Waals surface area contributed by atoms with E-state index in [9.17, 15) is 0 Å². The molecule has 4 nitrogen and oxygen atoms in total. The largest absolute Gasteiger partial charge is 0.383 e. The highest BCUT2D eigenvalue weighted by atomic mass is 79.9. The highest BCUT2D eigenvalue weighted by Crippen LogP contribution is 2.28. The first-order chi connectivity index (χ1) is 9.68. The van der Waals surface area contributed by atoms with Crippen LogP contribution in [0.25, 0.3) is 0 Å². The van der Waals surface area contributed by atoms with Gasteiger partial charge in [-0.05, 0) is 39.9 Å². The lowest BCUT2D eigenvalue weighted by molar-refractivity contribution is 0.545. The van der Waals surface area contributed by atoms with E-state index in [0.717, 1.165) is 27.5 Å². The van der Waals surface area contributed by atoms with E-state index in [4.69, 9.17) is 10.7 Å². The summed E-state index contributed by atoms with van der Waals surface area (Å²) in [5.41, 5.74) is 8.13. The van der Waals surface area contributed by atoms with Crippen molar-refractivity contribution in [2.45, 2.75) is 39.7 Å². The van der Waals surface area contributed by atoms with Crippen molar-refractivity contribution >= 4 is 38.9 Å². The van der Waals surface area contributed by atoms with Crippen LogP contribution >= 0.6 is 27.3 Å². The molecule has 0 aromatic carbocycles. The Morgan fingerprint density at radius 3 is 2.52 bits per heavy atom. The van der Waals surface area contributed by atoms with E-state index >= 15 is 0 Å². The van der Waals surface area contributed by atoms with Crippen LogP contribution in [-0.4, -0.2) is 17.0 Å². The Morgan fingerprint density at radius 1 is 1.33 bits per heavy atom. The van der Waals surface area contributed by atoms with E-state index in [1.165, 1.54) is 5.56 Å². The number of anilines is 2. The maximum Gasteiger partial charge on any atom is 0.138 e. The monoisotopic (exact) mass is 368 g/mol. The highest BCUT2D eigenvalue weighted by molar-refractivity contribution is 9.11. The van der Waals surface area contributed by atoms with Gasteiger partial charge in [0.05, 0.1) is 3.79 Å². The van der Waals surface area contributed by atoms with Gasteiger partial charge >= 0.3 is 0 Å². The van der Waals surface area contributed by atoms with Crippen molar-refractivity contribution in [3.63, 3.8) is 0 Å². The zero-order chi connectivity index (χ0) is 15.8. The molecule has 0 aliphatic rings. The Morgan fingerprint density at radius 2 is 2.00 bits per heavy atom. The van der Waals surface area contributed by atoms with Crippen molar-refractivity contribution in [2.24, 2.45) is 0 Å². The Balaban J connectivity index is 2.35. The fourth-order valence-electron chi connectivity index (χ4n) is 2.01. The summed E-state index contributed by atoms with van der Waals surface area (Å²) in [6.45, 7) is 9.05. The SMILES string of the molecule is Cc1c(N)nc(C(C)(C)C)nc1N(C)Cc1csc(Br)c1. The predicted octanol–water partition coefficient (Wildman–Crippen LogP) is 4.13. The molecule has 0 aliphatic carbocycles. The van der Waals surface area contributed by atoms with E-state index in [-0.39, 0.29) is 5.41 Å². The lowest BCUT2D eigenvalue weighted by Gasteiger charge is -2.24. The molecule has 0 fully saturated rings. The van der Waals surface area contributed by atoms with Gasteiger partial charge in [-0.25, -0.2) is 9.97 Å². The topological polar surface area (TPSA) is 55.0 Å². The summed E-state index contributed by atoms with van der Waals surface area (Å²) in [6, 6.07) is 2.13. The third kappa shape index (κ3) is 3.74. The molecule has 2 N–H and O–H groups in total. The van der Waals surface area contributed by atoms with Crippen molar-refractivity contribution in [3.8, 4) is 0 Å². The predicted molar refractivity (Wildman–Crippen MR) is 94.0 cm³/mol. The number of nitrogens with zero attached hydrogens (tertiary/aromatic N) is 3. The van der Waals surface area contributed by atoms with Gasteiger partial charge in [-0.1, -0.05) is 20.8 Å². The first-order valence-electron chi connectivity index (χ1n) is 6.77. The number of hydrogen-bond acceptors (Lipinski definition) is 5. The van der Waals surface area contributed by atoms with Crippen LogP contribution in [0.5, 0.6) is 0 Å². The van der Waals surface area contributed by atoms with Gasteiger partial charge in [0.15, 0.2) is 0 Å². The van der Waals surface area contributed by atoms with E-state index in [0.29, 0.717) is 5.82 Å². The number of aromatic nitrogens is 2. The Labute approximate surface area is 138 Å². The zero-order valence-corrected chi connectivity index (χ0v) is 15.5. The van der Waals surface area contributed by atoms with Crippen LogP contribution in [0.2, 0.25) is 0 Å². The van der Waals surface area contributed by atoms with Crippen molar-refractivity contribution in [1.82, 2.24) is 9.97 Å². The number of nitrogens with two attached hydrogens (primary N) is 1. The molecule has 0 saturated carbocycles. The van der Waals surface area contributed by atoms with Crippen LogP contribution in [-0.2, 0) is 12.0 Å². The Bertz CT molecular complexity index is 646. The molecule has 114 valence electrons. The Kier molecular flexibility index (Phi) is 4.58. The number of hydrogen-bond donors (Lipinski definition) is 1. The molecule has 0 aliphatic heterocycles. The van der Waals surface area contributed by atoms with Gasteiger partial charge in [0, 0.05) is 24.6 Å². The minimum Gasteiger partial charge on any atom is -0.383 e. The molecule has 2 aromatic heterocycles. The molecule has 0 amide bonds. The normalized spacial score (nSPS) is 11.7. The van der Waals surface area contributed by atoms with Gasteiger partial charge in [0.25, 0.3) is 0 Å². The average molecular weight is 369 g/mol. The molecule has 6 heteroatoms. The number of nitrogen functional groups attached to an aromatic ring is 1. The van der Waals surface area contributed by atoms with Gasteiger partial charge in [-0.2, -0.15) is 0 Å². The van der Waals surface area contributed by atoms with Crippen LogP contribution in [0.15, 0.2) is 15.2 Å². The van der Waals surface area contributed by atoms with Crippen molar-refractivity contribution in [1.29, 1.82) is 0 Å². The molecule has 0 spiro atoms. The first-order valence-corrected chi connectivity index (χ1v) is 8.44. The Hall–Kier alpha value is -1.14. The van der Waals surface area contributed by atoms with E-state index < -0.39 is 0 Å². The highest BCUT2D eigenvalue weighted by Gasteiger charge is 2.21. The molecule has 0 radical (unpaired) electrons. The van der Waals surface area contributed by atoms with E-state index in [1.807, 2.05) is 14.0 Å². The van der Waals surface area contributed by atoms with Crippen LogP contribution in [0.4, 0.5) is 11.6 Å². The second-order valence-corrected chi connectivity index (χ2v) is 8.54. The third-order valence-electron chi connectivity index (χ3n) is 3.23. The average Bonchev–Trinajstić information content (AvgIpc) is 2.76. The fraction of sp³-hybridized carbons (Fsp3) is 0.467. The molecule has 0 atom stereocenters. The summed E-state index contributed by atoms with van der Waals surface area (Å²) in [5, 5.41) is 2.14. The van der Waals surface area contributed by atoms with Gasteiger partial charge in [-0.3, -0.25) is 0 Å². The van der Waals surface area contributed by atoms with Crippen molar-refractivity contribution in [2.75, 3.05) is 17.7 Å². The molecular formula is C15H21BrN4S. The van der Waals surface area contributed by atoms with Crippen LogP contribution in [0.3, 0.4) is 0 Å². The number of rotatable bonds is 3. The van der Waals surface area contributed by atoms with Gasteiger partial charge < -0.3 is 10.6 Å². The maximum absolute atomic E-state index is 6.07. The zero-order valence-electron chi connectivity index (χ0n) is 13.1. The number of halogens is 1. The summed E-state index contributed by atoms with van der Waals surface area (Å²) in [7, 11) is 2.03. The van der Waals surface area contributed by atoms with Crippen LogP contribution < -0.4 is 10.6 Å². The van der Waals surface area contributed by atoms with Gasteiger partial charge in [0.2, 0.25) is 0 Å². The van der Waals surface area contributed by atoms with E-state index in [1.54, 1.807) is 11.3 Å². The first kappa shape index (κ1) is 16.2. The third-order valence-corrected chi connectivity index (χ3v) is 4.78. The summed E-state index contributed by atoms with van der Waals surface area (Å²) in [6.07, 6.45) is 0. The summed E-state index contributed by atoms with van der Waals surface area (Å²) in [5.74, 6) is 2.23. The molecule has 2 heterocycles. The van der Waals surface area contributed by atoms with Gasteiger partial charge in [0.1, 0.15) is 17.5 Å². The van der Waals surface area contributed by atoms with Crippen molar-refractivity contribution in [3.05, 3.63) is 32.2 Å². The summed E-state index contributed by atoms with van der Waals surface area (Å²) >= 11 is 5.19. The summed E-state index contributed by atoms with van der Waals surface area (Å²) in [4.78, 5) is 11.3. The quantitative estimate of drug-likeness (QED) is 0.884. The minimum absolute atomic E-state index is 0.122. The van der Waals surface area contributed by atoms with Crippen LogP contribution in [0.1, 0.15) is 37.7 Å². The number of thiophene rings is 1. The van der Waals surface area contributed by atoms with Gasteiger partial charge in [-0.15, -0.1) is 11.3 Å². The molecule has 2 aromatic rings. The molecule has 21 heavy (non-hydrogen) atoms. The standard InChI is InChI=1S/C15H21BrN4S/c1-9-12(17)18-14(15(2,3)4)19-13(9)20(5)7-10-6-11(16)21-8-10/h6,8H,7H2,1-5H3,(H2,17,18,19). The molecule has 0 saturated heterocycles. The van der Waals surface area contributed by atoms with Crippen LogP contribution in [0, 0.1) is 6.92 Å². The van der Waals surface area contributed by atoms with E-state index in [2.05, 4.69) is 58.0 Å². The smallest absolute Gasteiger partial charge is 0.138 e. The molecular weight excluding hydrogens is 348 g/mol. The minimum atomic E-state index is -0.122. The summed E-state index contributed by atoms with van der Waals surface area (Å²) < 4.78 is 1.14. The fourth-order valence-corrected chi connectivity index (χ4v) is 3.21. The molecule has 0 bridgehead atoms. The second-order valence-electron chi connectivity index (χ2n) is 6.25. The van der Waals surface area contributed by atoms with Crippen molar-refractivity contribution < 1.29 is 0 Å². The molecule has 0 unspecified atom stereocenters. The lowest BCUT2D eigenvalue weighted by atomic mass is 9.95. The lowest BCUT2D eigenvalue weighted by Crippen LogP contribution is -2.24.